The third-order valence-electron chi connectivity index (χ3n) is 4.52. The van der Waals surface area contributed by atoms with Crippen LogP contribution in [0.4, 0.5) is 16.2 Å². The van der Waals surface area contributed by atoms with Gasteiger partial charge in [0.15, 0.2) is 0 Å². The summed E-state index contributed by atoms with van der Waals surface area (Å²) in [5.41, 5.74) is 1.75. The molecule has 3 rings (SSSR count). The highest BCUT2D eigenvalue weighted by atomic mass is 35.5. The van der Waals surface area contributed by atoms with Gasteiger partial charge in [0.25, 0.3) is 5.69 Å². The number of halogens is 1. The second kappa shape index (κ2) is 8.83. The number of nitrogens with one attached hydrogen (secondary N) is 1. The van der Waals surface area contributed by atoms with E-state index in [4.69, 9.17) is 11.6 Å². The fraction of sp³-hybridized carbons (Fsp3) is 0.316. The van der Waals surface area contributed by atoms with Crippen molar-refractivity contribution in [1.29, 1.82) is 0 Å². The predicted molar refractivity (Wildman–Crippen MR) is 105 cm³/mol. The molecule has 1 aliphatic rings. The number of benzene rings is 2. The topological polar surface area (TPSA) is 78.7 Å². The van der Waals surface area contributed by atoms with Gasteiger partial charge in [-0.05, 0) is 36.2 Å². The highest BCUT2D eigenvalue weighted by Gasteiger charge is 2.19. The molecule has 1 aliphatic heterocycles. The summed E-state index contributed by atoms with van der Waals surface area (Å²) in [6.45, 7) is 3.84. The Balaban J connectivity index is 1.53. The van der Waals surface area contributed by atoms with Gasteiger partial charge in [0, 0.05) is 55.6 Å². The van der Waals surface area contributed by atoms with Gasteiger partial charge in [-0.25, -0.2) is 4.79 Å². The lowest BCUT2D eigenvalue weighted by molar-refractivity contribution is -0.384. The van der Waals surface area contributed by atoms with Crippen LogP contribution in [0.2, 0.25) is 5.02 Å². The fourth-order valence-electron chi connectivity index (χ4n) is 3.05. The molecule has 0 radical (unpaired) electrons. The van der Waals surface area contributed by atoms with Gasteiger partial charge in [0.1, 0.15) is 0 Å². The van der Waals surface area contributed by atoms with Crippen LogP contribution in [0.15, 0.2) is 48.5 Å². The Morgan fingerprint density at radius 2 is 1.74 bits per heavy atom. The van der Waals surface area contributed by atoms with E-state index in [1.54, 1.807) is 17.0 Å². The highest BCUT2D eigenvalue weighted by molar-refractivity contribution is 6.30. The van der Waals surface area contributed by atoms with Gasteiger partial charge in [-0.15, -0.1) is 0 Å². The van der Waals surface area contributed by atoms with E-state index in [1.807, 2.05) is 24.3 Å². The Hall–Kier alpha value is -2.64. The number of carbonyl (C=O) groups excluding carboxylic acids is 1. The van der Waals surface area contributed by atoms with Crippen LogP contribution in [0.1, 0.15) is 12.0 Å². The maximum atomic E-state index is 12.5. The first-order valence-electron chi connectivity index (χ1n) is 8.78. The van der Waals surface area contributed by atoms with Gasteiger partial charge in [0.05, 0.1) is 4.92 Å². The quantitative estimate of drug-likeness (QED) is 0.634. The minimum Gasteiger partial charge on any atom is -0.323 e. The van der Waals surface area contributed by atoms with Gasteiger partial charge in [-0.2, -0.15) is 0 Å². The van der Waals surface area contributed by atoms with Crippen LogP contribution in [0.3, 0.4) is 0 Å². The second-order valence-electron chi connectivity index (χ2n) is 6.48. The van der Waals surface area contributed by atoms with Crippen molar-refractivity contribution in [2.24, 2.45) is 0 Å². The Morgan fingerprint density at radius 3 is 2.41 bits per heavy atom. The van der Waals surface area contributed by atoms with E-state index in [0.29, 0.717) is 18.8 Å². The Morgan fingerprint density at radius 1 is 1.04 bits per heavy atom. The van der Waals surface area contributed by atoms with Crippen LogP contribution >= 0.6 is 11.6 Å². The zero-order valence-electron chi connectivity index (χ0n) is 14.8. The number of amides is 2. The van der Waals surface area contributed by atoms with Crippen molar-refractivity contribution in [2.45, 2.75) is 13.0 Å². The van der Waals surface area contributed by atoms with Crippen LogP contribution in [0.5, 0.6) is 0 Å². The van der Waals surface area contributed by atoms with Crippen molar-refractivity contribution in [2.75, 3.05) is 31.5 Å². The summed E-state index contributed by atoms with van der Waals surface area (Å²) in [4.78, 5) is 26.8. The normalized spacial score (nSPS) is 15.2. The van der Waals surface area contributed by atoms with E-state index in [1.165, 1.54) is 17.7 Å². The molecule has 7 nitrogen and oxygen atoms in total. The zero-order valence-corrected chi connectivity index (χ0v) is 15.6. The SMILES string of the molecule is O=C(Nc1ccc([N+](=O)[O-])cc1)N1CCCN(Cc2ccc(Cl)cc2)CC1. The highest BCUT2D eigenvalue weighted by Crippen LogP contribution is 2.17. The van der Waals surface area contributed by atoms with Crippen molar-refractivity contribution in [3.8, 4) is 0 Å². The molecule has 0 spiro atoms. The van der Waals surface area contributed by atoms with Crippen LogP contribution in [-0.4, -0.2) is 46.9 Å². The molecule has 1 saturated heterocycles. The lowest BCUT2D eigenvalue weighted by atomic mass is 10.2. The number of non-ortho nitro benzene ring substituents is 1. The second-order valence-corrected chi connectivity index (χ2v) is 6.91. The molecule has 8 heteroatoms. The first-order valence-corrected chi connectivity index (χ1v) is 9.16. The van der Waals surface area contributed by atoms with E-state index in [-0.39, 0.29) is 11.7 Å². The minimum atomic E-state index is -0.463. The maximum absolute atomic E-state index is 12.5. The molecule has 142 valence electrons. The molecule has 1 heterocycles. The third-order valence-corrected chi connectivity index (χ3v) is 4.78. The van der Waals surface area contributed by atoms with Crippen molar-refractivity contribution >= 4 is 29.0 Å². The number of anilines is 1. The molecule has 2 aromatic carbocycles. The molecule has 0 bridgehead atoms. The summed E-state index contributed by atoms with van der Waals surface area (Å²) in [6.07, 6.45) is 0.890. The standard InChI is InChI=1S/C19H21ClN4O3/c20-16-4-2-15(3-5-16)14-22-10-1-11-23(13-12-22)19(25)21-17-6-8-18(9-7-17)24(26)27/h2-9H,1,10-14H2,(H,21,25). The number of urea groups is 1. The third kappa shape index (κ3) is 5.42. The van der Waals surface area contributed by atoms with Crippen molar-refractivity contribution in [3.63, 3.8) is 0 Å². The van der Waals surface area contributed by atoms with Gasteiger partial charge in [-0.3, -0.25) is 15.0 Å². The van der Waals surface area contributed by atoms with E-state index in [2.05, 4.69) is 10.2 Å². The zero-order chi connectivity index (χ0) is 19.2. The summed E-state index contributed by atoms with van der Waals surface area (Å²) in [6, 6.07) is 13.5. The average molecular weight is 389 g/mol. The van der Waals surface area contributed by atoms with Crippen molar-refractivity contribution < 1.29 is 9.72 Å². The van der Waals surface area contributed by atoms with E-state index >= 15 is 0 Å². The summed E-state index contributed by atoms with van der Waals surface area (Å²) >= 11 is 5.93. The molecule has 0 aromatic heterocycles. The molecule has 2 aromatic rings. The average Bonchev–Trinajstić information content (AvgIpc) is 2.90. The van der Waals surface area contributed by atoms with E-state index < -0.39 is 4.92 Å². The number of nitro groups is 1. The van der Waals surface area contributed by atoms with Crippen LogP contribution in [-0.2, 0) is 6.54 Å². The maximum Gasteiger partial charge on any atom is 0.321 e. The Bertz CT molecular complexity index is 796. The molecule has 27 heavy (non-hydrogen) atoms. The number of carbonyl (C=O) groups is 1. The number of rotatable bonds is 4. The molecular weight excluding hydrogens is 368 g/mol. The van der Waals surface area contributed by atoms with Gasteiger partial charge >= 0.3 is 6.03 Å². The molecule has 0 atom stereocenters. The summed E-state index contributed by atoms with van der Waals surface area (Å²) in [5.74, 6) is 0. The number of hydrogen-bond acceptors (Lipinski definition) is 4. The Labute approximate surface area is 162 Å². The van der Waals surface area contributed by atoms with Gasteiger partial charge in [0.2, 0.25) is 0 Å². The molecular formula is C19H21ClN4O3. The lowest BCUT2D eigenvalue weighted by Gasteiger charge is -2.22. The van der Waals surface area contributed by atoms with Crippen LogP contribution in [0, 0.1) is 10.1 Å². The molecule has 1 fully saturated rings. The summed E-state index contributed by atoms with van der Waals surface area (Å²) in [5, 5.41) is 14.2. The first kappa shape index (κ1) is 19.1. The number of nitro benzene ring substituents is 1. The molecule has 1 N–H and O–H groups in total. The molecule has 0 unspecified atom stereocenters. The van der Waals surface area contributed by atoms with Crippen LogP contribution in [0.25, 0.3) is 0 Å². The van der Waals surface area contributed by atoms with Gasteiger partial charge < -0.3 is 10.2 Å². The van der Waals surface area contributed by atoms with Crippen LogP contribution < -0.4 is 5.32 Å². The fourth-order valence-corrected chi connectivity index (χ4v) is 3.18. The molecule has 0 saturated carbocycles. The van der Waals surface area contributed by atoms with E-state index in [9.17, 15) is 14.9 Å². The minimum absolute atomic E-state index is 0.000567. The smallest absolute Gasteiger partial charge is 0.321 e. The number of hydrogen-bond donors (Lipinski definition) is 1. The molecule has 2 amide bonds. The summed E-state index contributed by atoms with van der Waals surface area (Å²) in [7, 11) is 0. The predicted octanol–water partition coefficient (Wildman–Crippen LogP) is 3.99. The largest absolute Gasteiger partial charge is 0.323 e. The van der Waals surface area contributed by atoms with Crippen molar-refractivity contribution in [3.05, 3.63) is 69.2 Å². The van der Waals surface area contributed by atoms with E-state index in [0.717, 1.165) is 31.1 Å². The molecule has 0 aliphatic carbocycles. The number of nitrogens with zero attached hydrogens (tertiary/aromatic N) is 3. The van der Waals surface area contributed by atoms with Gasteiger partial charge in [-0.1, -0.05) is 23.7 Å². The first-order chi connectivity index (χ1) is 13.0. The lowest BCUT2D eigenvalue weighted by Crippen LogP contribution is -2.38. The Kier molecular flexibility index (Phi) is 6.26. The monoisotopic (exact) mass is 388 g/mol. The van der Waals surface area contributed by atoms with Crippen molar-refractivity contribution in [1.82, 2.24) is 9.80 Å². The summed E-state index contributed by atoms with van der Waals surface area (Å²) < 4.78 is 0.